The maximum absolute atomic E-state index is 12.6. The maximum Gasteiger partial charge on any atom is 0.434 e. The Bertz CT molecular complexity index is 806. The summed E-state index contributed by atoms with van der Waals surface area (Å²) in [6.07, 6.45) is -15.3. The SMILES string of the molecule is Cc1ccc(CN2CCN(C(=O)OC(C(F)(F)F)C(F)(F)F)CC2)c(CCCCC(=O)O)c1. The fourth-order valence-electron chi connectivity index (χ4n) is 3.56. The highest BCUT2D eigenvalue weighted by molar-refractivity contribution is 5.68. The molecule has 0 unspecified atom stereocenters. The normalized spacial score (nSPS) is 15.7. The second-order valence-corrected chi connectivity index (χ2v) is 7.98. The number of benzene rings is 1. The van der Waals surface area contributed by atoms with Gasteiger partial charge in [0, 0.05) is 39.1 Å². The van der Waals surface area contributed by atoms with Gasteiger partial charge in [0.05, 0.1) is 0 Å². The number of piperazine rings is 1. The Kier molecular flexibility index (Phi) is 8.98. The first kappa shape index (κ1) is 26.7. The van der Waals surface area contributed by atoms with Crippen molar-refractivity contribution in [3.05, 3.63) is 34.9 Å². The number of rotatable bonds is 8. The van der Waals surface area contributed by atoms with Gasteiger partial charge in [-0.05, 0) is 37.3 Å². The van der Waals surface area contributed by atoms with Crippen LogP contribution in [0.3, 0.4) is 0 Å². The van der Waals surface area contributed by atoms with Gasteiger partial charge in [-0.25, -0.2) is 4.79 Å². The largest absolute Gasteiger partial charge is 0.481 e. The van der Waals surface area contributed by atoms with E-state index in [9.17, 15) is 35.9 Å². The molecule has 1 aliphatic heterocycles. The number of hydrogen-bond acceptors (Lipinski definition) is 4. The molecule has 1 aliphatic rings. The van der Waals surface area contributed by atoms with E-state index >= 15 is 0 Å². The Morgan fingerprint density at radius 1 is 1.00 bits per heavy atom. The van der Waals surface area contributed by atoms with Gasteiger partial charge in [-0.1, -0.05) is 23.8 Å². The Morgan fingerprint density at radius 2 is 1.61 bits per heavy atom. The number of aryl methyl sites for hydroxylation is 2. The maximum atomic E-state index is 12.6. The average molecular weight is 484 g/mol. The molecule has 0 bridgehead atoms. The molecule has 0 aromatic heterocycles. The number of alkyl halides is 6. The van der Waals surface area contributed by atoms with E-state index in [-0.39, 0.29) is 32.6 Å². The van der Waals surface area contributed by atoms with Crippen molar-refractivity contribution in [3.8, 4) is 0 Å². The second-order valence-electron chi connectivity index (χ2n) is 7.98. The van der Waals surface area contributed by atoms with Gasteiger partial charge in [0.1, 0.15) is 0 Å². The second kappa shape index (κ2) is 11.1. The molecule has 12 heteroatoms. The highest BCUT2D eigenvalue weighted by atomic mass is 19.4. The van der Waals surface area contributed by atoms with Crippen molar-refractivity contribution in [1.29, 1.82) is 0 Å². The van der Waals surface area contributed by atoms with Crippen LogP contribution in [0.4, 0.5) is 31.1 Å². The van der Waals surface area contributed by atoms with E-state index in [1.54, 1.807) is 0 Å². The van der Waals surface area contributed by atoms with Gasteiger partial charge in [-0.2, -0.15) is 26.3 Å². The highest BCUT2D eigenvalue weighted by Gasteiger charge is 2.60. The molecular formula is C21H26F6N2O4. The fourth-order valence-corrected chi connectivity index (χ4v) is 3.56. The van der Waals surface area contributed by atoms with Gasteiger partial charge in [0.15, 0.2) is 0 Å². The lowest BCUT2D eigenvalue weighted by Crippen LogP contribution is -2.52. The van der Waals surface area contributed by atoms with Crippen molar-refractivity contribution in [1.82, 2.24) is 9.80 Å². The molecule has 0 atom stereocenters. The molecule has 1 amide bonds. The van der Waals surface area contributed by atoms with Gasteiger partial charge >= 0.3 is 24.4 Å². The number of carbonyl (C=O) groups is 2. The van der Waals surface area contributed by atoms with Crippen LogP contribution in [-0.2, 0) is 22.5 Å². The van der Waals surface area contributed by atoms with Crippen LogP contribution < -0.4 is 0 Å². The summed E-state index contributed by atoms with van der Waals surface area (Å²) in [5, 5.41) is 8.76. The minimum atomic E-state index is -5.75. The first-order valence-electron chi connectivity index (χ1n) is 10.4. The van der Waals surface area contributed by atoms with Crippen molar-refractivity contribution >= 4 is 12.1 Å². The number of carboxylic acids is 1. The number of amides is 1. The third kappa shape index (κ3) is 8.41. The first-order chi connectivity index (χ1) is 15.3. The molecule has 0 radical (unpaired) electrons. The summed E-state index contributed by atoms with van der Waals surface area (Å²) in [7, 11) is 0. The molecular weight excluding hydrogens is 458 g/mol. The predicted molar refractivity (Wildman–Crippen MR) is 106 cm³/mol. The smallest absolute Gasteiger partial charge is 0.434 e. The molecule has 1 N–H and O–H groups in total. The summed E-state index contributed by atoms with van der Waals surface area (Å²) < 4.78 is 79.4. The lowest BCUT2D eigenvalue weighted by molar-refractivity contribution is -0.308. The van der Waals surface area contributed by atoms with E-state index in [1.165, 1.54) is 0 Å². The van der Waals surface area contributed by atoms with Crippen LogP contribution in [0.15, 0.2) is 18.2 Å². The molecule has 33 heavy (non-hydrogen) atoms. The third-order valence-corrected chi connectivity index (χ3v) is 5.29. The molecule has 1 aromatic rings. The monoisotopic (exact) mass is 484 g/mol. The lowest BCUT2D eigenvalue weighted by Gasteiger charge is -2.35. The average Bonchev–Trinajstić information content (AvgIpc) is 2.69. The molecule has 2 rings (SSSR count). The number of unbranched alkanes of at least 4 members (excludes halogenated alkanes) is 1. The van der Waals surface area contributed by atoms with E-state index in [4.69, 9.17) is 5.11 Å². The van der Waals surface area contributed by atoms with Crippen LogP contribution in [0.5, 0.6) is 0 Å². The van der Waals surface area contributed by atoms with Crippen LogP contribution in [0.25, 0.3) is 0 Å². The van der Waals surface area contributed by atoms with Crippen molar-refractivity contribution in [3.63, 3.8) is 0 Å². The molecule has 1 saturated heterocycles. The van der Waals surface area contributed by atoms with Crippen molar-refractivity contribution in [2.75, 3.05) is 26.2 Å². The Balaban J connectivity index is 1.92. The van der Waals surface area contributed by atoms with Crippen molar-refractivity contribution < 1.29 is 45.8 Å². The summed E-state index contributed by atoms with van der Waals surface area (Å²) in [5.41, 5.74) is 3.10. The number of halogens is 6. The zero-order valence-electron chi connectivity index (χ0n) is 18.0. The number of ether oxygens (including phenoxy) is 1. The van der Waals surface area contributed by atoms with Crippen LogP contribution in [0, 0.1) is 6.92 Å². The van der Waals surface area contributed by atoms with E-state index < -0.39 is 30.5 Å². The molecule has 186 valence electrons. The van der Waals surface area contributed by atoms with E-state index in [1.807, 2.05) is 30.0 Å². The zero-order valence-corrected chi connectivity index (χ0v) is 18.0. The van der Waals surface area contributed by atoms with Crippen LogP contribution in [-0.4, -0.2) is 71.6 Å². The van der Waals surface area contributed by atoms with Crippen molar-refractivity contribution in [2.45, 2.75) is 57.6 Å². The minimum Gasteiger partial charge on any atom is -0.481 e. The molecule has 1 fully saturated rings. The molecule has 1 heterocycles. The van der Waals surface area contributed by atoms with Gasteiger partial charge in [-0.15, -0.1) is 0 Å². The van der Waals surface area contributed by atoms with Gasteiger partial charge in [0.2, 0.25) is 0 Å². The standard InChI is InChI=1S/C21H26F6N2O4/c1-14-6-7-16(15(12-14)4-2-3-5-17(30)31)13-28-8-10-29(11-9-28)19(32)33-18(20(22,23)24)21(25,26)27/h6-7,12,18H,2-5,8-11,13H2,1H3,(H,30,31). The number of carboxylic acid groups (broad SMARTS) is 1. The Labute approximate surface area is 187 Å². The van der Waals surface area contributed by atoms with E-state index in [0.717, 1.165) is 21.6 Å². The van der Waals surface area contributed by atoms with Crippen LogP contribution in [0.2, 0.25) is 0 Å². The number of hydrogen-bond donors (Lipinski definition) is 1. The molecule has 6 nitrogen and oxygen atoms in total. The minimum absolute atomic E-state index is 0.0684. The van der Waals surface area contributed by atoms with Gasteiger partial charge < -0.3 is 14.7 Å². The summed E-state index contributed by atoms with van der Waals surface area (Å²) in [5.74, 6) is -0.854. The first-order valence-corrected chi connectivity index (χ1v) is 10.4. The van der Waals surface area contributed by atoms with E-state index in [2.05, 4.69) is 4.74 Å². The summed E-state index contributed by atoms with van der Waals surface area (Å²) in [6, 6.07) is 5.88. The van der Waals surface area contributed by atoms with Gasteiger partial charge in [0.25, 0.3) is 6.10 Å². The predicted octanol–water partition coefficient (Wildman–Crippen LogP) is 4.54. The fraction of sp³-hybridized carbons (Fsp3) is 0.619. The Morgan fingerprint density at radius 3 is 2.15 bits per heavy atom. The third-order valence-electron chi connectivity index (χ3n) is 5.29. The zero-order chi connectivity index (χ0) is 24.8. The van der Waals surface area contributed by atoms with Crippen LogP contribution in [0.1, 0.15) is 36.0 Å². The van der Waals surface area contributed by atoms with Crippen molar-refractivity contribution in [2.24, 2.45) is 0 Å². The highest BCUT2D eigenvalue weighted by Crippen LogP contribution is 2.36. The molecule has 1 aromatic carbocycles. The summed E-state index contributed by atoms with van der Waals surface area (Å²) >= 11 is 0. The summed E-state index contributed by atoms with van der Waals surface area (Å²) in [4.78, 5) is 25.3. The van der Waals surface area contributed by atoms with Crippen LogP contribution >= 0.6 is 0 Å². The number of aliphatic carboxylic acids is 1. The Hall–Kier alpha value is -2.50. The molecule has 0 aliphatic carbocycles. The molecule has 0 spiro atoms. The lowest BCUT2D eigenvalue weighted by atomic mass is 9.98. The quantitative estimate of drug-likeness (QED) is 0.434. The topological polar surface area (TPSA) is 70.1 Å². The van der Waals surface area contributed by atoms with Gasteiger partial charge in [-0.3, -0.25) is 9.69 Å². The summed E-state index contributed by atoms with van der Waals surface area (Å²) in [6.45, 7) is 2.80. The molecule has 0 saturated carbocycles. The van der Waals surface area contributed by atoms with E-state index in [0.29, 0.717) is 25.8 Å². The number of nitrogens with zero attached hydrogens (tertiary/aromatic N) is 2. The number of carbonyl (C=O) groups excluding carboxylic acids is 1.